The van der Waals surface area contributed by atoms with Crippen molar-refractivity contribution in [1.82, 2.24) is 0 Å². The lowest BCUT2D eigenvalue weighted by Gasteiger charge is -2.23. The lowest BCUT2D eigenvalue weighted by molar-refractivity contribution is 0.269. The summed E-state index contributed by atoms with van der Waals surface area (Å²) in [5.41, 5.74) is 7.21. The number of ether oxygens (including phenoxy) is 1. The Morgan fingerprint density at radius 2 is 2.00 bits per heavy atom. The molecule has 1 atom stereocenters. The van der Waals surface area contributed by atoms with Gasteiger partial charge < -0.3 is 10.5 Å². The molecule has 0 saturated heterocycles. The van der Waals surface area contributed by atoms with Crippen LogP contribution in [0.15, 0.2) is 34.8 Å². The number of rotatable bonds is 0. The number of benzene rings is 2. The summed E-state index contributed by atoms with van der Waals surface area (Å²) in [5.74, 6) is 0.938. The van der Waals surface area contributed by atoms with Crippen LogP contribution in [0.1, 0.15) is 18.0 Å². The first kappa shape index (κ1) is 12.7. The van der Waals surface area contributed by atoms with Gasteiger partial charge in [0.1, 0.15) is 5.75 Å². The molecule has 3 rings (SSSR count). The topological polar surface area (TPSA) is 35.2 Å². The molecule has 0 saturated carbocycles. The van der Waals surface area contributed by atoms with Crippen molar-refractivity contribution >= 4 is 39.1 Å². The summed E-state index contributed by atoms with van der Waals surface area (Å²) in [6.07, 6.45) is 0.895. The monoisotopic (exact) mass is 313 g/mol. The van der Waals surface area contributed by atoms with Crippen LogP contribution in [0.5, 0.6) is 5.75 Å². The zero-order valence-electron chi connectivity index (χ0n) is 9.15. The van der Waals surface area contributed by atoms with Gasteiger partial charge in [-0.05, 0) is 35.0 Å². The minimum Gasteiger partial charge on any atom is -0.493 e. The van der Waals surface area contributed by atoms with Crippen molar-refractivity contribution < 1.29 is 4.74 Å². The molecule has 0 bridgehead atoms. The van der Waals surface area contributed by atoms with E-state index in [-0.39, 0.29) is 18.4 Å². The Kier molecular flexibility index (Phi) is 3.61. The van der Waals surface area contributed by atoms with Crippen LogP contribution < -0.4 is 10.5 Å². The highest BCUT2D eigenvalue weighted by Crippen LogP contribution is 2.34. The van der Waals surface area contributed by atoms with Crippen LogP contribution in [0.4, 0.5) is 0 Å². The van der Waals surface area contributed by atoms with Gasteiger partial charge in [0.05, 0.1) is 6.61 Å². The Morgan fingerprint density at radius 3 is 2.82 bits per heavy atom. The van der Waals surface area contributed by atoms with Gasteiger partial charge in [0, 0.05) is 22.5 Å². The van der Waals surface area contributed by atoms with Crippen LogP contribution in [-0.2, 0) is 0 Å². The van der Waals surface area contributed by atoms with E-state index in [0.29, 0.717) is 0 Å². The van der Waals surface area contributed by atoms with E-state index in [0.717, 1.165) is 28.8 Å². The summed E-state index contributed by atoms with van der Waals surface area (Å²) in [5, 5.41) is 2.39. The number of nitrogens with two attached hydrogens (primary N) is 1. The van der Waals surface area contributed by atoms with Crippen molar-refractivity contribution in [1.29, 1.82) is 0 Å². The fraction of sp³-hybridized carbons (Fsp3) is 0.231. The van der Waals surface area contributed by atoms with Gasteiger partial charge >= 0.3 is 0 Å². The fourth-order valence-electron chi connectivity index (χ4n) is 2.13. The predicted molar refractivity (Wildman–Crippen MR) is 75.9 cm³/mol. The van der Waals surface area contributed by atoms with Crippen LogP contribution in [0.3, 0.4) is 0 Å². The van der Waals surface area contributed by atoms with Crippen LogP contribution >= 0.6 is 28.3 Å². The van der Waals surface area contributed by atoms with Crippen molar-refractivity contribution in [3.05, 3.63) is 40.4 Å². The highest BCUT2D eigenvalue weighted by molar-refractivity contribution is 9.10. The second-order valence-electron chi connectivity index (χ2n) is 4.13. The standard InChI is InChI=1S/C13H12BrNO.ClH/c14-10-2-1-8-7-13-11(6-9(8)5-10)12(15)3-4-16-13;/h1-2,5-7,12H,3-4,15H2;1H/t12-;/m0./s1. The minimum absolute atomic E-state index is 0. The number of hydrogen-bond acceptors (Lipinski definition) is 2. The van der Waals surface area contributed by atoms with Crippen LogP contribution in [-0.4, -0.2) is 6.61 Å². The van der Waals surface area contributed by atoms with Gasteiger partial charge in [-0.25, -0.2) is 0 Å². The molecule has 2 aromatic rings. The van der Waals surface area contributed by atoms with Crippen LogP contribution in [0.2, 0.25) is 0 Å². The maximum Gasteiger partial charge on any atom is 0.124 e. The fourth-order valence-corrected chi connectivity index (χ4v) is 2.51. The van der Waals surface area contributed by atoms with Gasteiger partial charge in [0.15, 0.2) is 0 Å². The van der Waals surface area contributed by atoms with Crippen molar-refractivity contribution in [2.24, 2.45) is 5.73 Å². The van der Waals surface area contributed by atoms with E-state index in [1.165, 1.54) is 10.8 Å². The summed E-state index contributed by atoms with van der Waals surface area (Å²) in [6, 6.07) is 10.6. The van der Waals surface area contributed by atoms with Gasteiger partial charge in [-0.15, -0.1) is 12.4 Å². The molecule has 2 N–H and O–H groups in total. The van der Waals surface area contributed by atoms with Gasteiger partial charge in [0.25, 0.3) is 0 Å². The lowest BCUT2D eigenvalue weighted by atomic mass is 9.97. The average molecular weight is 315 g/mol. The molecule has 0 aliphatic carbocycles. The van der Waals surface area contributed by atoms with E-state index >= 15 is 0 Å². The summed E-state index contributed by atoms with van der Waals surface area (Å²) >= 11 is 3.48. The molecule has 0 unspecified atom stereocenters. The Balaban J connectivity index is 0.00000108. The average Bonchev–Trinajstić information content (AvgIpc) is 2.28. The van der Waals surface area contributed by atoms with E-state index in [4.69, 9.17) is 10.5 Å². The smallest absolute Gasteiger partial charge is 0.124 e. The molecule has 1 aliphatic heterocycles. The quantitative estimate of drug-likeness (QED) is 0.802. The van der Waals surface area contributed by atoms with Crippen molar-refractivity contribution in [3.63, 3.8) is 0 Å². The predicted octanol–water partition coefficient (Wildman–Crippen LogP) is 3.81. The summed E-state index contributed by atoms with van der Waals surface area (Å²) in [4.78, 5) is 0. The Bertz CT molecular complexity index is 558. The van der Waals surface area contributed by atoms with Gasteiger partial charge in [-0.1, -0.05) is 22.0 Å². The molecule has 2 aromatic carbocycles. The van der Waals surface area contributed by atoms with Crippen molar-refractivity contribution in [3.8, 4) is 5.75 Å². The molecular weight excluding hydrogens is 302 g/mol. The lowest BCUT2D eigenvalue weighted by Crippen LogP contribution is -2.20. The van der Waals surface area contributed by atoms with Crippen molar-refractivity contribution in [2.45, 2.75) is 12.5 Å². The zero-order chi connectivity index (χ0) is 11.1. The molecule has 1 heterocycles. The molecule has 0 aromatic heterocycles. The highest BCUT2D eigenvalue weighted by atomic mass is 79.9. The van der Waals surface area contributed by atoms with Gasteiger partial charge in [-0.2, -0.15) is 0 Å². The van der Waals surface area contributed by atoms with Gasteiger partial charge in [-0.3, -0.25) is 0 Å². The van der Waals surface area contributed by atoms with Crippen molar-refractivity contribution in [2.75, 3.05) is 6.61 Å². The maximum atomic E-state index is 6.08. The Morgan fingerprint density at radius 1 is 1.18 bits per heavy atom. The third-order valence-corrected chi connectivity index (χ3v) is 3.51. The first-order chi connectivity index (χ1) is 7.74. The van der Waals surface area contributed by atoms with Crippen LogP contribution in [0.25, 0.3) is 10.8 Å². The molecule has 90 valence electrons. The third-order valence-electron chi connectivity index (χ3n) is 3.02. The first-order valence-electron chi connectivity index (χ1n) is 5.35. The summed E-state index contributed by atoms with van der Waals surface area (Å²) < 4.78 is 6.73. The van der Waals surface area contributed by atoms with E-state index in [1.54, 1.807) is 0 Å². The van der Waals surface area contributed by atoms with E-state index in [1.807, 2.05) is 6.07 Å². The molecule has 17 heavy (non-hydrogen) atoms. The molecule has 0 fully saturated rings. The molecule has 2 nitrogen and oxygen atoms in total. The second-order valence-corrected chi connectivity index (χ2v) is 5.04. The number of halogens is 2. The largest absolute Gasteiger partial charge is 0.493 e. The van der Waals surface area contributed by atoms with E-state index in [2.05, 4.69) is 40.2 Å². The minimum atomic E-state index is 0. The third kappa shape index (κ3) is 2.28. The zero-order valence-corrected chi connectivity index (χ0v) is 11.6. The molecular formula is C13H13BrClNO. The van der Waals surface area contributed by atoms with Crippen LogP contribution in [0, 0.1) is 0 Å². The highest BCUT2D eigenvalue weighted by Gasteiger charge is 2.18. The molecule has 4 heteroatoms. The number of fused-ring (bicyclic) bond motifs is 2. The molecule has 0 spiro atoms. The normalized spacial score (nSPS) is 18.1. The van der Waals surface area contributed by atoms with E-state index < -0.39 is 0 Å². The SMILES string of the molecule is Cl.N[C@H]1CCOc2cc3ccc(Br)cc3cc21. The molecule has 1 aliphatic rings. The van der Waals surface area contributed by atoms with Gasteiger partial charge in [0.2, 0.25) is 0 Å². The number of hydrogen-bond donors (Lipinski definition) is 1. The first-order valence-corrected chi connectivity index (χ1v) is 6.15. The summed E-state index contributed by atoms with van der Waals surface area (Å²) in [6.45, 7) is 0.718. The Labute approximate surface area is 115 Å². The molecule has 0 amide bonds. The van der Waals surface area contributed by atoms with E-state index in [9.17, 15) is 0 Å². The maximum absolute atomic E-state index is 6.08. The Hall–Kier alpha value is -0.770. The molecule has 0 radical (unpaired) electrons. The second kappa shape index (κ2) is 4.84. The summed E-state index contributed by atoms with van der Waals surface area (Å²) in [7, 11) is 0.